The number of nitrogens with zero attached hydrogens (tertiary/aromatic N) is 1. The Hall–Kier alpha value is -1.85. The SMILES string of the molecule is CO[C@H]1CC[C@@](F)(C(=O)CCc2ccc(F)cc2Cl)c2cccnc21. The van der Waals surface area contributed by atoms with Crippen molar-refractivity contribution in [3.05, 3.63) is 64.2 Å². The van der Waals surface area contributed by atoms with Crippen molar-refractivity contribution in [2.45, 2.75) is 37.5 Å². The van der Waals surface area contributed by atoms with Gasteiger partial charge in [-0.1, -0.05) is 23.7 Å². The molecule has 0 radical (unpaired) electrons. The zero-order valence-corrected chi connectivity index (χ0v) is 14.5. The fourth-order valence-corrected chi connectivity index (χ4v) is 3.56. The highest BCUT2D eigenvalue weighted by Crippen LogP contribution is 2.44. The number of aromatic nitrogens is 1. The summed E-state index contributed by atoms with van der Waals surface area (Å²) >= 11 is 5.98. The Morgan fingerprint density at radius 3 is 2.96 bits per heavy atom. The number of Topliss-reactive ketones (excluding diaryl/α,β-unsaturated/α-hetero) is 1. The van der Waals surface area contributed by atoms with Gasteiger partial charge < -0.3 is 4.74 Å². The molecule has 0 unspecified atom stereocenters. The summed E-state index contributed by atoms with van der Waals surface area (Å²) in [7, 11) is 1.55. The molecule has 3 rings (SSSR count). The molecule has 0 saturated carbocycles. The molecule has 1 aromatic carbocycles. The van der Waals surface area contributed by atoms with E-state index in [4.69, 9.17) is 16.3 Å². The smallest absolute Gasteiger partial charge is 0.195 e. The van der Waals surface area contributed by atoms with Crippen LogP contribution < -0.4 is 0 Å². The van der Waals surface area contributed by atoms with Crippen LogP contribution in [0.1, 0.15) is 42.2 Å². The number of pyridine rings is 1. The standard InChI is InChI=1S/C19H18ClF2NO2/c1-25-16-8-9-19(22,14-3-2-10-23-18(14)16)17(24)7-5-12-4-6-13(21)11-15(12)20/h2-4,6,10-11,16H,5,7-9H2,1H3/t16-,19-/m0/s1. The quantitative estimate of drug-likeness (QED) is 0.769. The van der Waals surface area contributed by atoms with Crippen molar-refractivity contribution in [1.29, 1.82) is 0 Å². The van der Waals surface area contributed by atoms with Crippen LogP contribution in [0.2, 0.25) is 5.02 Å². The first kappa shape index (κ1) is 18.0. The van der Waals surface area contributed by atoms with Crippen molar-refractivity contribution >= 4 is 17.4 Å². The Labute approximate surface area is 150 Å². The Morgan fingerprint density at radius 1 is 1.44 bits per heavy atom. The highest BCUT2D eigenvalue weighted by atomic mass is 35.5. The monoisotopic (exact) mass is 365 g/mol. The molecule has 3 nitrogen and oxygen atoms in total. The predicted octanol–water partition coefficient (Wildman–Crippen LogP) is 4.72. The van der Waals surface area contributed by atoms with Crippen molar-refractivity contribution in [3.63, 3.8) is 0 Å². The number of ketones is 1. The van der Waals surface area contributed by atoms with E-state index in [1.165, 1.54) is 18.2 Å². The van der Waals surface area contributed by atoms with Crippen molar-refractivity contribution in [2.75, 3.05) is 7.11 Å². The van der Waals surface area contributed by atoms with Crippen molar-refractivity contribution in [3.8, 4) is 0 Å². The molecule has 2 atom stereocenters. The highest BCUT2D eigenvalue weighted by Gasteiger charge is 2.46. The summed E-state index contributed by atoms with van der Waals surface area (Å²) in [6, 6.07) is 7.20. The number of hydrogen-bond acceptors (Lipinski definition) is 3. The lowest BCUT2D eigenvalue weighted by molar-refractivity contribution is -0.133. The van der Waals surface area contributed by atoms with Crippen molar-refractivity contribution in [2.24, 2.45) is 0 Å². The van der Waals surface area contributed by atoms with Crippen molar-refractivity contribution < 1.29 is 18.3 Å². The topological polar surface area (TPSA) is 39.2 Å². The lowest BCUT2D eigenvalue weighted by Gasteiger charge is -2.33. The molecular formula is C19H18ClF2NO2. The molecule has 0 aliphatic heterocycles. The maximum atomic E-state index is 15.6. The molecule has 0 N–H and O–H groups in total. The van der Waals surface area contributed by atoms with E-state index < -0.39 is 17.3 Å². The largest absolute Gasteiger partial charge is 0.375 e. The van der Waals surface area contributed by atoms with Crippen LogP contribution in [0.4, 0.5) is 8.78 Å². The number of rotatable bonds is 5. The zero-order chi connectivity index (χ0) is 18.0. The Kier molecular flexibility index (Phi) is 5.16. The van der Waals surface area contributed by atoms with Gasteiger partial charge in [0.2, 0.25) is 0 Å². The molecule has 0 amide bonds. The Balaban J connectivity index is 1.81. The molecule has 0 saturated heterocycles. The average molecular weight is 366 g/mol. The number of alkyl halides is 1. The van der Waals surface area contributed by atoms with Crippen LogP contribution in [0.15, 0.2) is 36.5 Å². The van der Waals surface area contributed by atoms with Gasteiger partial charge in [0, 0.05) is 30.3 Å². The number of carbonyl (C=O) groups is 1. The first-order valence-electron chi connectivity index (χ1n) is 8.10. The van der Waals surface area contributed by atoms with E-state index in [1.807, 2.05) is 0 Å². The number of benzene rings is 1. The number of ether oxygens (including phenoxy) is 1. The van der Waals surface area contributed by atoms with Gasteiger partial charge in [0.05, 0.1) is 11.8 Å². The highest BCUT2D eigenvalue weighted by molar-refractivity contribution is 6.31. The molecule has 6 heteroatoms. The van der Waals surface area contributed by atoms with E-state index in [9.17, 15) is 9.18 Å². The van der Waals surface area contributed by atoms with Gasteiger partial charge in [-0.25, -0.2) is 8.78 Å². The van der Waals surface area contributed by atoms with Gasteiger partial charge in [-0.3, -0.25) is 9.78 Å². The molecule has 1 aromatic heterocycles. The molecule has 2 aromatic rings. The fraction of sp³-hybridized carbons (Fsp3) is 0.368. The fourth-order valence-electron chi connectivity index (χ4n) is 3.30. The zero-order valence-electron chi connectivity index (χ0n) is 13.8. The number of halogens is 3. The minimum atomic E-state index is -2.08. The normalized spacial score (nSPS) is 22.5. The van der Waals surface area contributed by atoms with Gasteiger partial charge in [-0.2, -0.15) is 0 Å². The minimum Gasteiger partial charge on any atom is -0.375 e. The third-order valence-corrected chi connectivity index (χ3v) is 5.04. The summed E-state index contributed by atoms with van der Waals surface area (Å²) in [5.41, 5.74) is -0.697. The molecule has 0 fully saturated rings. The van der Waals surface area contributed by atoms with Crippen LogP contribution in [0.5, 0.6) is 0 Å². The summed E-state index contributed by atoms with van der Waals surface area (Å²) in [4.78, 5) is 16.9. The van der Waals surface area contributed by atoms with Crippen LogP contribution in [-0.4, -0.2) is 17.9 Å². The maximum Gasteiger partial charge on any atom is 0.195 e. The minimum absolute atomic E-state index is 0.0200. The second-order valence-electron chi connectivity index (χ2n) is 6.16. The molecule has 1 aliphatic rings. The van der Waals surface area contributed by atoms with E-state index in [0.29, 0.717) is 17.7 Å². The lowest BCUT2D eigenvalue weighted by atomic mass is 9.77. The van der Waals surface area contributed by atoms with E-state index >= 15 is 4.39 Å². The summed E-state index contributed by atoms with van der Waals surface area (Å²) < 4.78 is 34.1. The van der Waals surface area contributed by atoms with Crippen LogP contribution in [0.25, 0.3) is 0 Å². The third-order valence-electron chi connectivity index (χ3n) is 4.68. The van der Waals surface area contributed by atoms with Crippen LogP contribution in [0, 0.1) is 5.82 Å². The van der Waals surface area contributed by atoms with E-state index in [0.717, 1.165) is 0 Å². The van der Waals surface area contributed by atoms with Gasteiger partial charge in [0.1, 0.15) is 5.82 Å². The summed E-state index contributed by atoms with van der Waals surface area (Å²) in [6.07, 6.45) is 1.94. The van der Waals surface area contributed by atoms with Gasteiger partial charge in [0.25, 0.3) is 0 Å². The molecular weight excluding hydrogens is 348 g/mol. The first-order chi connectivity index (χ1) is 12.0. The second-order valence-corrected chi connectivity index (χ2v) is 6.57. The lowest BCUT2D eigenvalue weighted by Crippen LogP contribution is -2.37. The summed E-state index contributed by atoms with van der Waals surface area (Å²) in [5, 5.41) is 0.242. The van der Waals surface area contributed by atoms with Crippen LogP contribution >= 0.6 is 11.6 Å². The molecule has 1 aliphatic carbocycles. The predicted molar refractivity (Wildman–Crippen MR) is 90.7 cm³/mol. The van der Waals surface area contributed by atoms with Gasteiger partial charge in [0.15, 0.2) is 11.5 Å². The Morgan fingerprint density at radius 2 is 2.24 bits per heavy atom. The number of aryl methyl sites for hydroxylation is 1. The number of carbonyl (C=O) groups excluding carboxylic acids is 1. The molecule has 25 heavy (non-hydrogen) atoms. The number of methoxy groups -OCH3 is 1. The average Bonchev–Trinajstić information content (AvgIpc) is 2.61. The maximum absolute atomic E-state index is 15.6. The summed E-state index contributed by atoms with van der Waals surface area (Å²) in [5.74, 6) is -0.961. The van der Waals surface area contributed by atoms with Gasteiger partial charge >= 0.3 is 0 Å². The first-order valence-corrected chi connectivity index (χ1v) is 8.48. The van der Waals surface area contributed by atoms with E-state index in [1.54, 1.807) is 25.4 Å². The van der Waals surface area contributed by atoms with E-state index in [-0.39, 0.29) is 36.0 Å². The van der Waals surface area contributed by atoms with Crippen LogP contribution in [0.3, 0.4) is 0 Å². The second kappa shape index (κ2) is 7.18. The molecule has 0 bridgehead atoms. The number of fused-ring (bicyclic) bond motifs is 1. The van der Waals surface area contributed by atoms with E-state index in [2.05, 4.69) is 4.98 Å². The third kappa shape index (κ3) is 3.44. The number of hydrogen-bond donors (Lipinski definition) is 0. The molecule has 0 spiro atoms. The van der Waals surface area contributed by atoms with Crippen LogP contribution in [-0.2, 0) is 21.6 Å². The Bertz CT molecular complexity index is 799. The van der Waals surface area contributed by atoms with Gasteiger partial charge in [-0.15, -0.1) is 0 Å². The molecule has 132 valence electrons. The van der Waals surface area contributed by atoms with Gasteiger partial charge in [-0.05, 0) is 43.0 Å². The van der Waals surface area contributed by atoms with Crippen molar-refractivity contribution in [1.82, 2.24) is 4.98 Å². The summed E-state index contributed by atoms with van der Waals surface area (Å²) in [6.45, 7) is 0. The molecule has 1 heterocycles.